The van der Waals surface area contributed by atoms with Gasteiger partial charge in [-0.3, -0.25) is 9.10 Å². The van der Waals surface area contributed by atoms with E-state index in [1.54, 1.807) is 29.2 Å². The SMILES string of the molecule is COc1ccc(C)cc1S(=O)(=O)N(CC(=O)N1CCCCC1)c1ccc(C)c(C)c1. The molecule has 1 fully saturated rings. The molecule has 0 aromatic heterocycles. The largest absolute Gasteiger partial charge is 0.495 e. The number of likely N-dealkylation sites (tertiary alicyclic amines) is 1. The van der Waals surface area contributed by atoms with Crippen molar-refractivity contribution in [1.82, 2.24) is 4.90 Å². The highest BCUT2D eigenvalue weighted by atomic mass is 32.2. The van der Waals surface area contributed by atoms with Crippen LogP contribution in [-0.4, -0.2) is 46.0 Å². The van der Waals surface area contributed by atoms with Crippen LogP contribution in [0.25, 0.3) is 0 Å². The van der Waals surface area contributed by atoms with E-state index in [1.807, 2.05) is 32.9 Å². The third-order valence-corrected chi connectivity index (χ3v) is 7.45. The number of aryl methyl sites for hydroxylation is 3. The zero-order valence-electron chi connectivity index (χ0n) is 18.1. The first-order chi connectivity index (χ1) is 14.2. The van der Waals surface area contributed by atoms with E-state index in [0.29, 0.717) is 18.8 Å². The van der Waals surface area contributed by atoms with Gasteiger partial charge < -0.3 is 9.64 Å². The van der Waals surface area contributed by atoms with Crippen molar-refractivity contribution in [3.05, 3.63) is 53.1 Å². The van der Waals surface area contributed by atoms with Gasteiger partial charge in [-0.1, -0.05) is 12.1 Å². The van der Waals surface area contributed by atoms with Gasteiger partial charge in [0.05, 0.1) is 12.8 Å². The van der Waals surface area contributed by atoms with Gasteiger partial charge in [0, 0.05) is 13.1 Å². The fraction of sp³-hybridized carbons (Fsp3) is 0.435. The minimum atomic E-state index is -4.02. The number of hydrogen-bond donors (Lipinski definition) is 0. The zero-order valence-corrected chi connectivity index (χ0v) is 19.0. The highest BCUT2D eigenvalue weighted by Gasteiger charge is 2.32. The van der Waals surface area contributed by atoms with Crippen molar-refractivity contribution >= 4 is 21.6 Å². The van der Waals surface area contributed by atoms with Gasteiger partial charge in [0.1, 0.15) is 17.2 Å². The number of benzene rings is 2. The summed E-state index contributed by atoms with van der Waals surface area (Å²) >= 11 is 0. The lowest BCUT2D eigenvalue weighted by Gasteiger charge is -2.31. The fourth-order valence-corrected chi connectivity index (χ4v) is 5.32. The van der Waals surface area contributed by atoms with Gasteiger partial charge in [-0.05, 0) is 81.0 Å². The molecular formula is C23H30N2O4S. The van der Waals surface area contributed by atoms with Crippen molar-refractivity contribution in [2.45, 2.75) is 44.9 Å². The van der Waals surface area contributed by atoms with Gasteiger partial charge in [-0.15, -0.1) is 0 Å². The van der Waals surface area contributed by atoms with E-state index in [1.165, 1.54) is 11.4 Å². The molecular weight excluding hydrogens is 400 g/mol. The molecule has 0 radical (unpaired) electrons. The second-order valence-corrected chi connectivity index (χ2v) is 9.71. The van der Waals surface area contributed by atoms with E-state index in [4.69, 9.17) is 4.74 Å². The molecule has 7 heteroatoms. The summed E-state index contributed by atoms with van der Waals surface area (Å²) in [4.78, 5) is 14.9. The molecule has 1 aliphatic rings. The molecule has 0 saturated carbocycles. The van der Waals surface area contributed by atoms with E-state index in [-0.39, 0.29) is 23.1 Å². The number of rotatable bonds is 6. The second-order valence-electron chi connectivity index (χ2n) is 7.88. The Hall–Kier alpha value is -2.54. The van der Waals surface area contributed by atoms with Crippen LogP contribution in [0, 0.1) is 20.8 Å². The first kappa shape index (κ1) is 22.2. The Morgan fingerprint density at radius 3 is 2.33 bits per heavy atom. The van der Waals surface area contributed by atoms with Crippen molar-refractivity contribution < 1.29 is 17.9 Å². The van der Waals surface area contributed by atoms with Crippen LogP contribution in [0.2, 0.25) is 0 Å². The van der Waals surface area contributed by atoms with Crippen molar-refractivity contribution in [1.29, 1.82) is 0 Å². The molecule has 6 nitrogen and oxygen atoms in total. The van der Waals surface area contributed by atoms with Gasteiger partial charge in [0.2, 0.25) is 5.91 Å². The molecule has 0 aliphatic carbocycles. The molecule has 0 bridgehead atoms. The van der Waals surface area contributed by atoms with E-state index in [0.717, 1.165) is 36.0 Å². The number of ether oxygens (including phenoxy) is 1. The van der Waals surface area contributed by atoms with Crippen LogP contribution in [-0.2, 0) is 14.8 Å². The number of sulfonamides is 1. The molecule has 2 aromatic carbocycles. The maximum Gasteiger partial charge on any atom is 0.268 e. The summed E-state index contributed by atoms with van der Waals surface area (Å²) in [6, 6.07) is 10.5. The Bertz CT molecular complexity index is 1030. The number of carbonyl (C=O) groups excluding carboxylic acids is 1. The third kappa shape index (κ3) is 4.61. The fourth-order valence-electron chi connectivity index (χ4n) is 3.67. The lowest BCUT2D eigenvalue weighted by molar-refractivity contribution is -0.130. The Balaban J connectivity index is 2.07. The summed E-state index contributed by atoms with van der Waals surface area (Å²) < 4.78 is 34.1. The first-order valence-corrected chi connectivity index (χ1v) is 11.7. The summed E-state index contributed by atoms with van der Waals surface area (Å²) in [5, 5.41) is 0. The Morgan fingerprint density at radius 2 is 1.70 bits per heavy atom. The Morgan fingerprint density at radius 1 is 1.00 bits per heavy atom. The predicted molar refractivity (Wildman–Crippen MR) is 119 cm³/mol. The minimum Gasteiger partial charge on any atom is -0.495 e. The van der Waals surface area contributed by atoms with E-state index in [2.05, 4.69) is 0 Å². The maximum atomic E-state index is 13.8. The molecule has 0 atom stereocenters. The lowest BCUT2D eigenvalue weighted by atomic mass is 10.1. The number of carbonyl (C=O) groups is 1. The van der Waals surface area contributed by atoms with Crippen molar-refractivity contribution in [2.75, 3.05) is 31.0 Å². The van der Waals surface area contributed by atoms with E-state index >= 15 is 0 Å². The molecule has 1 heterocycles. The lowest BCUT2D eigenvalue weighted by Crippen LogP contribution is -2.45. The monoisotopic (exact) mass is 430 g/mol. The van der Waals surface area contributed by atoms with Gasteiger partial charge >= 0.3 is 0 Å². The van der Waals surface area contributed by atoms with Crippen LogP contribution in [0.4, 0.5) is 5.69 Å². The summed E-state index contributed by atoms with van der Waals surface area (Å²) in [5.41, 5.74) is 3.31. The molecule has 3 rings (SSSR count). The van der Waals surface area contributed by atoms with Crippen LogP contribution in [0.15, 0.2) is 41.3 Å². The zero-order chi connectivity index (χ0) is 21.9. The van der Waals surface area contributed by atoms with Crippen molar-refractivity contribution in [2.24, 2.45) is 0 Å². The van der Waals surface area contributed by atoms with Crippen LogP contribution in [0.3, 0.4) is 0 Å². The quantitative estimate of drug-likeness (QED) is 0.699. The van der Waals surface area contributed by atoms with Gasteiger partial charge in [-0.25, -0.2) is 8.42 Å². The first-order valence-electron chi connectivity index (χ1n) is 10.3. The minimum absolute atomic E-state index is 0.0645. The van der Waals surface area contributed by atoms with E-state index in [9.17, 15) is 13.2 Å². The second kappa shape index (κ2) is 9.08. The number of methoxy groups -OCH3 is 1. The summed E-state index contributed by atoms with van der Waals surface area (Å²) in [6.45, 7) is 6.85. The normalized spacial score (nSPS) is 14.5. The molecule has 30 heavy (non-hydrogen) atoms. The summed E-state index contributed by atoms with van der Waals surface area (Å²) in [6.07, 6.45) is 3.01. The van der Waals surface area contributed by atoms with Crippen molar-refractivity contribution in [3.8, 4) is 5.75 Å². The predicted octanol–water partition coefficient (Wildman–Crippen LogP) is 3.83. The van der Waals surface area contributed by atoms with E-state index < -0.39 is 10.0 Å². The number of amides is 1. The maximum absolute atomic E-state index is 13.8. The highest BCUT2D eigenvalue weighted by molar-refractivity contribution is 7.93. The van der Waals surface area contributed by atoms with Gasteiger partial charge in [0.15, 0.2) is 0 Å². The van der Waals surface area contributed by atoms with Crippen LogP contribution in [0.5, 0.6) is 5.75 Å². The third-order valence-electron chi connectivity index (χ3n) is 5.65. The van der Waals surface area contributed by atoms with Crippen molar-refractivity contribution in [3.63, 3.8) is 0 Å². The molecule has 0 spiro atoms. The molecule has 2 aromatic rings. The Kier molecular flexibility index (Phi) is 6.71. The molecule has 1 aliphatic heterocycles. The standard InChI is InChI=1S/C23H30N2O4S/c1-17-8-11-21(29-4)22(14-17)30(27,28)25(20-10-9-18(2)19(3)15-20)16-23(26)24-12-6-5-7-13-24/h8-11,14-15H,5-7,12-13,16H2,1-4H3. The topological polar surface area (TPSA) is 66.9 Å². The molecule has 0 unspecified atom stereocenters. The molecule has 1 amide bonds. The number of anilines is 1. The average Bonchev–Trinajstić information content (AvgIpc) is 2.74. The average molecular weight is 431 g/mol. The number of nitrogens with zero attached hydrogens (tertiary/aromatic N) is 2. The number of hydrogen-bond acceptors (Lipinski definition) is 4. The summed E-state index contributed by atoms with van der Waals surface area (Å²) in [5.74, 6) is 0.0861. The smallest absolute Gasteiger partial charge is 0.268 e. The summed E-state index contributed by atoms with van der Waals surface area (Å²) in [7, 11) is -2.57. The Labute approximate surface area is 179 Å². The van der Waals surface area contributed by atoms with Crippen LogP contribution in [0.1, 0.15) is 36.0 Å². The number of piperidine rings is 1. The van der Waals surface area contributed by atoms with Gasteiger partial charge in [-0.2, -0.15) is 0 Å². The highest BCUT2D eigenvalue weighted by Crippen LogP contribution is 2.32. The molecule has 1 saturated heterocycles. The van der Waals surface area contributed by atoms with Crippen LogP contribution < -0.4 is 9.04 Å². The molecule has 0 N–H and O–H groups in total. The van der Waals surface area contributed by atoms with Crippen LogP contribution >= 0.6 is 0 Å². The van der Waals surface area contributed by atoms with Gasteiger partial charge in [0.25, 0.3) is 10.0 Å². The molecule has 162 valence electrons.